The zero-order valence-corrected chi connectivity index (χ0v) is 12.7. The van der Waals surface area contributed by atoms with E-state index >= 15 is 0 Å². The highest BCUT2D eigenvalue weighted by atomic mass is 16.5. The molecule has 1 saturated carbocycles. The third-order valence-electron chi connectivity index (χ3n) is 3.79. The largest absolute Gasteiger partial charge is 0.459 e. The first-order valence-electron chi connectivity index (χ1n) is 7.62. The second-order valence-corrected chi connectivity index (χ2v) is 6.11. The van der Waals surface area contributed by atoms with E-state index in [1.54, 1.807) is 0 Å². The minimum atomic E-state index is -0.255. The van der Waals surface area contributed by atoms with Gasteiger partial charge in [0.05, 0.1) is 11.7 Å². The minimum Gasteiger partial charge on any atom is -0.459 e. The Balaban J connectivity index is 1.85. The third-order valence-corrected chi connectivity index (χ3v) is 3.79. The van der Waals surface area contributed by atoms with E-state index in [1.807, 2.05) is 38.1 Å². The fraction of sp³-hybridized carbons (Fsp3) is 0.588. The Morgan fingerprint density at radius 2 is 1.90 bits per heavy atom. The fourth-order valence-electron chi connectivity index (χ4n) is 2.56. The van der Waals surface area contributed by atoms with Crippen molar-refractivity contribution in [2.24, 2.45) is 5.92 Å². The second-order valence-electron chi connectivity index (χ2n) is 6.11. The molecule has 110 valence electrons. The Labute approximate surface area is 121 Å². The van der Waals surface area contributed by atoms with Crippen molar-refractivity contribution in [1.29, 1.82) is 0 Å². The van der Waals surface area contributed by atoms with Gasteiger partial charge in [-0.2, -0.15) is 0 Å². The van der Waals surface area contributed by atoms with Crippen LogP contribution >= 0.6 is 0 Å². The van der Waals surface area contributed by atoms with Gasteiger partial charge in [-0.05, 0) is 57.4 Å². The molecule has 1 atom stereocenters. The summed E-state index contributed by atoms with van der Waals surface area (Å²) in [5.41, 5.74) is 1.67. The van der Waals surface area contributed by atoms with E-state index in [4.69, 9.17) is 4.74 Å². The van der Waals surface area contributed by atoms with Gasteiger partial charge >= 0.3 is 5.97 Å². The maximum atomic E-state index is 11.7. The molecule has 1 aromatic carbocycles. The van der Waals surface area contributed by atoms with E-state index in [-0.39, 0.29) is 12.1 Å². The van der Waals surface area contributed by atoms with Crippen LogP contribution in [0.2, 0.25) is 0 Å². The normalized spacial score (nSPS) is 16.6. The first-order chi connectivity index (χ1) is 9.54. The van der Waals surface area contributed by atoms with Crippen LogP contribution in [0.1, 0.15) is 56.8 Å². The summed E-state index contributed by atoms with van der Waals surface area (Å²) in [6, 6.07) is 8.03. The Bertz CT molecular complexity index is 435. The highest BCUT2D eigenvalue weighted by Crippen LogP contribution is 2.31. The quantitative estimate of drug-likeness (QED) is 0.789. The van der Waals surface area contributed by atoms with Crippen molar-refractivity contribution < 1.29 is 9.53 Å². The molecule has 20 heavy (non-hydrogen) atoms. The van der Waals surface area contributed by atoms with Crippen LogP contribution in [0.25, 0.3) is 0 Å². The summed E-state index contributed by atoms with van der Waals surface area (Å²) in [6.07, 6.45) is 5.31. The van der Waals surface area contributed by atoms with Crippen LogP contribution in [-0.4, -0.2) is 18.1 Å². The van der Waals surface area contributed by atoms with Crippen LogP contribution < -0.4 is 5.32 Å². The summed E-state index contributed by atoms with van der Waals surface area (Å²) in [6.45, 7) is 5.94. The van der Waals surface area contributed by atoms with Crippen LogP contribution in [0.4, 0.5) is 5.69 Å². The molecule has 0 bridgehead atoms. The molecule has 1 unspecified atom stereocenters. The lowest BCUT2D eigenvalue weighted by Crippen LogP contribution is -2.23. The van der Waals surface area contributed by atoms with Gasteiger partial charge in [-0.25, -0.2) is 4.79 Å². The molecule has 3 nitrogen and oxygen atoms in total. The summed E-state index contributed by atoms with van der Waals surface area (Å²) >= 11 is 0. The summed E-state index contributed by atoms with van der Waals surface area (Å²) < 4.78 is 5.17. The average Bonchev–Trinajstić information content (AvgIpc) is 2.34. The van der Waals surface area contributed by atoms with Gasteiger partial charge in [0.15, 0.2) is 0 Å². The number of esters is 1. The second kappa shape index (κ2) is 6.78. The lowest BCUT2D eigenvalue weighted by atomic mass is 9.81. The van der Waals surface area contributed by atoms with Gasteiger partial charge < -0.3 is 10.1 Å². The van der Waals surface area contributed by atoms with Crippen LogP contribution in [-0.2, 0) is 4.74 Å². The van der Waals surface area contributed by atoms with Crippen molar-refractivity contribution in [1.82, 2.24) is 0 Å². The molecule has 0 amide bonds. The van der Waals surface area contributed by atoms with Crippen LogP contribution in [0, 0.1) is 5.92 Å². The van der Waals surface area contributed by atoms with Crippen molar-refractivity contribution in [2.45, 2.75) is 58.6 Å². The molecular formula is C17H25NO2. The van der Waals surface area contributed by atoms with E-state index in [0.717, 1.165) is 11.6 Å². The van der Waals surface area contributed by atoms with Gasteiger partial charge in [-0.15, -0.1) is 0 Å². The number of rotatable bonds is 6. The number of hydrogen-bond donors (Lipinski definition) is 1. The molecule has 0 spiro atoms. The lowest BCUT2D eigenvalue weighted by molar-refractivity contribution is 0.0378. The maximum Gasteiger partial charge on any atom is 0.338 e. The van der Waals surface area contributed by atoms with Gasteiger partial charge in [0.1, 0.15) is 0 Å². The lowest BCUT2D eigenvalue weighted by Gasteiger charge is -2.28. The molecule has 1 aliphatic rings. The van der Waals surface area contributed by atoms with Crippen LogP contribution in [0.5, 0.6) is 0 Å². The highest BCUT2D eigenvalue weighted by Gasteiger charge is 2.19. The van der Waals surface area contributed by atoms with E-state index in [9.17, 15) is 4.79 Å². The predicted molar refractivity (Wildman–Crippen MR) is 82.0 cm³/mol. The first kappa shape index (κ1) is 14.9. The number of carbonyl (C=O) groups is 1. The topological polar surface area (TPSA) is 38.3 Å². The smallest absolute Gasteiger partial charge is 0.338 e. The minimum absolute atomic E-state index is 0.0807. The molecule has 0 aliphatic heterocycles. The van der Waals surface area contributed by atoms with Crippen LogP contribution in [0.15, 0.2) is 24.3 Å². The van der Waals surface area contributed by atoms with Crippen molar-refractivity contribution in [3.05, 3.63) is 29.8 Å². The molecule has 0 radical (unpaired) electrons. The summed E-state index contributed by atoms with van der Waals surface area (Å²) in [7, 11) is 0. The molecule has 1 aromatic rings. The number of hydrogen-bond acceptors (Lipinski definition) is 3. The Kier molecular flexibility index (Phi) is 5.05. The number of carbonyl (C=O) groups excluding carboxylic acids is 1. The Morgan fingerprint density at radius 3 is 2.40 bits per heavy atom. The first-order valence-corrected chi connectivity index (χ1v) is 7.62. The summed E-state index contributed by atoms with van der Waals surface area (Å²) in [5, 5.41) is 3.50. The number of ether oxygens (including phenoxy) is 1. The fourth-order valence-corrected chi connectivity index (χ4v) is 2.56. The Morgan fingerprint density at radius 1 is 1.25 bits per heavy atom. The number of anilines is 1. The number of nitrogens with one attached hydrogen (secondary N) is 1. The van der Waals surface area contributed by atoms with E-state index in [1.165, 1.54) is 25.7 Å². The highest BCUT2D eigenvalue weighted by molar-refractivity contribution is 5.89. The van der Waals surface area contributed by atoms with Crippen molar-refractivity contribution >= 4 is 11.7 Å². The molecular weight excluding hydrogens is 250 g/mol. The molecule has 3 heteroatoms. The van der Waals surface area contributed by atoms with E-state index in [0.29, 0.717) is 11.6 Å². The monoisotopic (exact) mass is 275 g/mol. The van der Waals surface area contributed by atoms with Crippen molar-refractivity contribution in [3.8, 4) is 0 Å². The maximum absolute atomic E-state index is 11.7. The summed E-state index contributed by atoms with van der Waals surface area (Å²) in [4.78, 5) is 11.7. The van der Waals surface area contributed by atoms with Gasteiger partial charge in [0, 0.05) is 11.7 Å². The van der Waals surface area contributed by atoms with E-state index < -0.39 is 0 Å². The van der Waals surface area contributed by atoms with Crippen LogP contribution in [0.3, 0.4) is 0 Å². The van der Waals surface area contributed by atoms with Gasteiger partial charge in [0.2, 0.25) is 0 Å². The summed E-state index contributed by atoms with van der Waals surface area (Å²) in [5.74, 6) is 0.645. The zero-order valence-electron chi connectivity index (χ0n) is 12.7. The molecule has 1 fully saturated rings. The molecule has 1 N–H and O–H groups in total. The van der Waals surface area contributed by atoms with Crippen molar-refractivity contribution in [2.75, 3.05) is 5.32 Å². The molecule has 2 rings (SSSR count). The Hall–Kier alpha value is -1.51. The van der Waals surface area contributed by atoms with Gasteiger partial charge in [-0.1, -0.05) is 19.3 Å². The molecule has 0 heterocycles. The third kappa shape index (κ3) is 4.26. The van der Waals surface area contributed by atoms with Crippen molar-refractivity contribution in [3.63, 3.8) is 0 Å². The molecule has 0 saturated heterocycles. The number of benzene rings is 1. The zero-order chi connectivity index (χ0) is 14.5. The standard InChI is InChI=1S/C17H25NO2/c1-12(2)20-17(19)15-7-9-16(10-8-15)18-13(3)11-14-5-4-6-14/h7-10,12-14,18H,4-6,11H2,1-3H3. The van der Waals surface area contributed by atoms with E-state index in [2.05, 4.69) is 12.2 Å². The SMILES string of the molecule is CC(CC1CCC1)Nc1ccc(C(=O)OC(C)C)cc1. The molecule has 0 aromatic heterocycles. The van der Waals surface area contributed by atoms with Gasteiger partial charge in [-0.3, -0.25) is 0 Å². The molecule has 1 aliphatic carbocycles. The predicted octanol–water partition coefficient (Wildman–Crippen LogP) is 4.24. The van der Waals surface area contributed by atoms with Gasteiger partial charge in [0.25, 0.3) is 0 Å². The average molecular weight is 275 g/mol.